The van der Waals surface area contributed by atoms with Gasteiger partial charge in [-0.25, -0.2) is 4.39 Å². The van der Waals surface area contributed by atoms with Gasteiger partial charge in [0.25, 0.3) is 0 Å². The fraction of sp³-hybridized carbons (Fsp3) is 0.200. The minimum absolute atomic E-state index is 0.144. The van der Waals surface area contributed by atoms with Gasteiger partial charge in [-0.05, 0) is 49.2 Å². The van der Waals surface area contributed by atoms with E-state index in [1.807, 2.05) is 19.1 Å². The topological polar surface area (TPSA) is 29.5 Å². The number of halogens is 2. The molecule has 19 heavy (non-hydrogen) atoms. The maximum atomic E-state index is 13.9. The standard InChI is InChI=1S/C15H14BrFO2/c1-9-3-5-12(16)8-15(9)19-14-6-4-11(10(2)18)7-13(14)17/h3-8,10,18H,1-2H3. The Kier molecular flexibility index (Phi) is 4.22. The average Bonchev–Trinajstić information content (AvgIpc) is 2.36. The van der Waals surface area contributed by atoms with Gasteiger partial charge < -0.3 is 9.84 Å². The van der Waals surface area contributed by atoms with Crippen LogP contribution >= 0.6 is 15.9 Å². The lowest BCUT2D eigenvalue weighted by Crippen LogP contribution is -1.95. The highest BCUT2D eigenvalue weighted by Gasteiger charge is 2.10. The van der Waals surface area contributed by atoms with Crippen molar-refractivity contribution in [2.24, 2.45) is 0 Å². The van der Waals surface area contributed by atoms with E-state index in [1.54, 1.807) is 19.1 Å². The van der Waals surface area contributed by atoms with Crippen LogP contribution in [0.4, 0.5) is 4.39 Å². The van der Waals surface area contributed by atoms with Gasteiger partial charge in [0.15, 0.2) is 11.6 Å². The molecule has 2 aromatic carbocycles. The minimum Gasteiger partial charge on any atom is -0.454 e. The molecule has 0 aliphatic heterocycles. The van der Waals surface area contributed by atoms with E-state index in [0.717, 1.165) is 10.0 Å². The van der Waals surface area contributed by atoms with Crippen molar-refractivity contribution >= 4 is 15.9 Å². The van der Waals surface area contributed by atoms with Crippen LogP contribution in [-0.4, -0.2) is 5.11 Å². The number of aliphatic hydroxyl groups is 1. The summed E-state index contributed by atoms with van der Waals surface area (Å²) in [7, 11) is 0. The Labute approximate surface area is 120 Å². The maximum absolute atomic E-state index is 13.9. The summed E-state index contributed by atoms with van der Waals surface area (Å²) in [6.07, 6.45) is -0.698. The lowest BCUT2D eigenvalue weighted by molar-refractivity contribution is 0.198. The average molecular weight is 325 g/mol. The molecular weight excluding hydrogens is 311 g/mol. The van der Waals surface area contributed by atoms with E-state index in [1.165, 1.54) is 12.1 Å². The summed E-state index contributed by atoms with van der Waals surface area (Å²) in [5.74, 6) is 0.251. The van der Waals surface area contributed by atoms with E-state index in [0.29, 0.717) is 11.3 Å². The van der Waals surface area contributed by atoms with Crippen molar-refractivity contribution in [3.63, 3.8) is 0 Å². The monoisotopic (exact) mass is 324 g/mol. The fourth-order valence-corrected chi connectivity index (χ4v) is 2.00. The molecular formula is C15H14BrFO2. The SMILES string of the molecule is Cc1ccc(Br)cc1Oc1ccc(C(C)O)cc1F. The Bertz CT molecular complexity index is 597. The molecule has 1 unspecified atom stereocenters. The van der Waals surface area contributed by atoms with Crippen LogP contribution in [0.3, 0.4) is 0 Å². The molecule has 0 bridgehead atoms. The fourth-order valence-electron chi connectivity index (χ4n) is 1.66. The molecule has 0 saturated heterocycles. The molecule has 2 aromatic rings. The van der Waals surface area contributed by atoms with Gasteiger partial charge in [0, 0.05) is 4.47 Å². The van der Waals surface area contributed by atoms with Gasteiger partial charge in [0.05, 0.1) is 6.10 Å². The highest BCUT2D eigenvalue weighted by Crippen LogP contribution is 2.30. The van der Waals surface area contributed by atoms with Crippen LogP contribution in [0.15, 0.2) is 40.9 Å². The van der Waals surface area contributed by atoms with Crippen molar-refractivity contribution in [1.29, 1.82) is 0 Å². The van der Waals surface area contributed by atoms with Crippen LogP contribution in [0.25, 0.3) is 0 Å². The largest absolute Gasteiger partial charge is 0.454 e. The van der Waals surface area contributed by atoms with Gasteiger partial charge in [-0.2, -0.15) is 0 Å². The lowest BCUT2D eigenvalue weighted by atomic mass is 10.1. The Morgan fingerprint density at radius 1 is 1.16 bits per heavy atom. The highest BCUT2D eigenvalue weighted by molar-refractivity contribution is 9.10. The number of benzene rings is 2. The zero-order valence-corrected chi connectivity index (χ0v) is 12.2. The van der Waals surface area contributed by atoms with Gasteiger partial charge in [-0.1, -0.05) is 28.1 Å². The summed E-state index contributed by atoms with van der Waals surface area (Å²) < 4.78 is 20.3. The summed E-state index contributed by atoms with van der Waals surface area (Å²) in [5.41, 5.74) is 1.44. The quantitative estimate of drug-likeness (QED) is 0.883. The van der Waals surface area contributed by atoms with Crippen molar-refractivity contribution in [2.75, 3.05) is 0 Å². The molecule has 0 saturated carbocycles. The van der Waals surface area contributed by atoms with Crippen molar-refractivity contribution in [1.82, 2.24) is 0 Å². The Balaban J connectivity index is 2.31. The number of ether oxygens (including phenoxy) is 1. The van der Waals surface area contributed by atoms with E-state index >= 15 is 0 Å². The lowest BCUT2D eigenvalue weighted by Gasteiger charge is -2.11. The van der Waals surface area contributed by atoms with Crippen LogP contribution in [0.1, 0.15) is 24.2 Å². The summed E-state index contributed by atoms with van der Waals surface area (Å²) >= 11 is 3.35. The number of rotatable bonds is 3. The van der Waals surface area contributed by atoms with Crippen LogP contribution < -0.4 is 4.74 Å². The highest BCUT2D eigenvalue weighted by atomic mass is 79.9. The molecule has 0 aliphatic carbocycles. The molecule has 1 atom stereocenters. The second-order valence-corrected chi connectivity index (χ2v) is 5.29. The number of hydrogen-bond acceptors (Lipinski definition) is 2. The first kappa shape index (κ1) is 14.0. The molecule has 0 heterocycles. The molecule has 1 N–H and O–H groups in total. The van der Waals surface area contributed by atoms with Gasteiger partial charge in [0.2, 0.25) is 0 Å². The summed E-state index contributed by atoms with van der Waals surface area (Å²) in [5, 5.41) is 9.40. The number of hydrogen-bond donors (Lipinski definition) is 1. The third-order valence-electron chi connectivity index (χ3n) is 2.81. The van der Waals surface area contributed by atoms with Crippen LogP contribution in [0.2, 0.25) is 0 Å². The second kappa shape index (κ2) is 5.72. The first-order valence-electron chi connectivity index (χ1n) is 5.89. The third-order valence-corrected chi connectivity index (χ3v) is 3.30. The normalized spacial score (nSPS) is 12.3. The summed E-state index contributed by atoms with van der Waals surface area (Å²) in [6, 6.07) is 10.0. The minimum atomic E-state index is -0.698. The molecule has 0 radical (unpaired) electrons. The molecule has 4 heteroatoms. The van der Waals surface area contributed by atoms with Crippen molar-refractivity contribution in [3.8, 4) is 11.5 Å². The molecule has 100 valence electrons. The Morgan fingerprint density at radius 3 is 2.53 bits per heavy atom. The summed E-state index contributed by atoms with van der Waals surface area (Å²) in [6.45, 7) is 3.48. The molecule has 0 spiro atoms. The molecule has 0 aliphatic rings. The second-order valence-electron chi connectivity index (χ2n) is 4.38. The number of aryl methyl sites for hydroxylation is 1. The van der Waals surface area contributed by atoms with Crippen molar-refractivity contribution < 1.29 is 14.2 Å². The maximum Gasteiger partial charge on any atom is 0.166 e. The van der Waals surface area contributed by atoms with E-state index in [9.17, 15) is 9.50 Å². The predicted molar refractivity (Wildman–Crippen MR) is 76.0 cm³/mol. The van der Waals surface area contributed by atoms with Crippen molar-refractivity contribution in [3.05, 3.63) is 57.8 Å². The van der Waals surface area contributed by atoms with E-state index in [2.05, 4.69) is 15.9 Å². The molecule has 0 amide bonds. The molecule has 2 rings (SSSR count). The van der Waals surface area contributed by atoms with Gasteiger partial charge in [-0.15, -0.1) is 0 Å². The van der Waals surface area contributed by atoms with Gasteiger partial charge in [0.1, 0.15) is 5.75 Å². The third kappa shape index (κ3) is 3.33. The number of aliphatic hydroxyl groups excluding tert-OH is 1. The zero-order chi connectivity index (χ0) is 14.0. The first-order valence-corrected chi connectivity index (χ1v) is 6.68. The van der Waals surface area contributed by atoms with E-state index < -0.39 is 11.9 Å². The Morgan fingerprint density at radius 2 is 1.89 bits per heavy atom. The van der Waals surface area contributed by atoms with E-state index in [4.69, 9.17) is 4.74 Å². The molecule has 0 aromatic heterocycles. The molecule has 0 fully saturated rings. The van der Waals surface area contributed by atoms with E-state index in [-0.39, 0.29) is 5.75 Å². The van der Waals surface area contributed by atoms with Gasteiger partial charge in [-0.3, -0.25) is 0 Å². The Hall–Kier alpha value is -1.39. The molecule has 2 nitrogen and oxygen atoms in total. The zero-order valence-electron chi connectivity index (χ0n) is 10.7. The van der Waals surface area contributed by atoms with Crippen LogP contribution in [0, 0.1) is 12.7 Å². The van der Waals surface area contributed by atoms with Crippen LogP contribution in [0.5, 0.6) is 11.5 Å². The first-order chi connectivity index (χ1) is 8.97. The predicted octanol–water partition coefficient (Wildman–Crippen LogP) is 4.74. The van der Waals surface area contributed by atoms with Crippen LogP contribution in [-0.2, 0) is 0 Å². The van der Waals surface area contributed by atoms with Gasteiger partial charge >= 0.3 is 0 Å². The smallest absolute Gasteiger partial charge is 0.166 e. The van der Waals surface area contributed by atoms with Crippen molar-refractivity contribution in [2.45, 2.75) is 20.0 Å². The summed E-state index contributed by atoms with van der Waals surface area (Å²) in [4.78, 5) is 0.